The van der Waals surface area contributed by atoms with Crippen LogP contribution in [0, 0.1) is 5.41 Å². The maximum absolute atomic E-state index is 5.68. The predicted octanol–water partition coefficient (Wildman–Crippen LogP) is 2.84. The fourth-order valence-corrected chi connectivity index (χ4v) is 1.50. The van der Waals surface area contributed by atoms with Gasteiger partial charge in [0.15, 0.2) is 0 Å². The van der Waals surface area contributed by atoms with Gasteiger partial charge < -0.3 is 14.8 Å². The third-order valence-corrected chi connectivity index (χ3v) is 2.69. The summed E-state index contributed by atoms with van der Waals surface area (Å²) in [5.41, 5.74) is 0.236. The highest BCUT2D eigenvalue weighted by atomic mass is 16.5. The minimum Gasteiger partial charge on any atom is -0.379 e. The van der Waals surface area contributed by atoms with Gasteiger partial charge in [0.25, 0.3) is 0 Å². The Morgan fingerprint density at radius 1 is 0.941 bits per heavy atom. The molecule has 3 nitrogen and oxygen atoms in total. The highest BCUT2D eigenvalue weighted by molar-refractivity contribution is 4.79. The normalized spacial score (nSPS) is 13.9. The zero-order chi connectivity index (χ0) is 13.1. The molecule has 1 atom stereocenters. The molecule has 0 saturated carbocycles. The van der Waals surface area contributed by atoms with Gasteiger partial charge in [0, 0.05) is 12.6 Å². The van der Waals surface area contributed by atoms with E-state index < -0.39 is 0 Å². The minimum absolute atomic E-state index is 0.236. The van der Waals surface area contributed by atoms with Gasteiger partial charge in [-0.3, -0.25) is 0 Å². The second-order valence-corrected chi connectivity index (χ2v) is 5.56. The maximum atomic E-state index is 5.68. The fraction of sp³-hybridized carbons (Fsp3) is 1.00. The first-order valence-electron chi connectivity index (χ1n) is 6.91. The van der Waals surface area contributed by atoms with Crippen molar-refractivity contribution >= 4 is 0 Å². The van der Waals surface area contributed by atoms with E-state index in [4.69, 9.17) is 9.47 Å². The van der Waals surface area contributed by atoms with Gasteiger partial charge in [-0.1, -0.05) is 34.6 Å². The standard InChI is InChI=1S/C14H31NO2/c1-6-8-15-13(14(3,4)5)12-17-11-10-16-9-7-2/h13,15H,6-12H2,1-5H3. The lowest BCUT2D eigenvalue weighted by molar-refractivity contribution is 0.0250. The molecule has 0 aliphatic rings. The molecule has 0 heterocycles. The van der Waals surface area contributed by atoms with Crippen LogP contribution < -0.4 is 5.32 Å². The predicted molar refractivity (Wildman–Crippen MR) is 73.5 cm³/mol. The van der Waals surface area contributed by atoms with Gasteiger partial charge in [0.1, 0.15) is 0 Å². The first kappa shape index (κ1) is 16.9. The van der Waals surface area contributed by atoms with Crippen LogP contribution in [0.5, 0.6) is 0 Å². The summed E-state index contributed by atoms with van der Waals surface area (Å²) in [7, 11) is 0. The van der Waals surface area contributed by atoms with Crippen molar-refractivity contribution in [2.75, 3.05) is 33.0 Å². The van der Waals surface area contributed by atoms with Crippen LogP contribution in [-0.4, -0.2) is 39.0 Å². The summed E-state index contributed by atoms with van der Waals surface area (Å²) < 4.78 is 11.1. The molecule has 17 heavy (non-hydrogen) atoms. The van der Waals surface area contributed by atoms with Crippen LogP contribution in [-0.2, 0) is 9.47 Å². The van der Waals surface area contributed by atoms with Crippen molar-refractivity contribution in [3.63, 3.8) is 0 Å². The molecule has 3 heteroatoms. The zero-order valence-corrected chi connectivity index (χ0v) is 12.3. The molecule has 0 bridgehead atoms. The van der Waals surface area contributed by atoms with E-state index in [9.17, 15) is 0 Å². The van der Waals surface area contributed by atoms with Gasteiger partial charge in [-0.25, -0.2) is 0 Å². The lowest BCUT2D eigenvalue weighted by atomic mass is 9.87. The van der Waals surface area contributed by atoms with E-state index in [1.54, 1.807) is 0 Å². The number of hydrogen-bond acceptors (Lipinski definition) is 3. The molecule has 0 fully saturated rings. The Hall–Kier alpha value is -0.120. The van der Waals surface area contributed by atoms with Crippen LogP contribution in [0.1, 0.15) is 47.5 Å². The molecule has 104 valence electrons. The van der Waals surface area contributed by atoms with Gasteiger partial charge in [-0.05, 0) is 24.8 Å². The van der Waals surface area contributed by atoms with Crippen molar-refractivity contribution in [3.05, 3.63) is 0 Å². The zero-order valence-electron chi connectivity index (χ0n) is 12.3. The van der Waals surface area contributed by atoms with E-state index in [0.29, 0.717) is 19.3 Å². The van der Waals surface area contributed by atoms with Crippen molar-refractivity contribution in [1.82, 2.24) is 5.32 Å². The van der Waals surface area contributed by atoms with Crippen LogP contribution in [0.15, 0.2) is 0 Å². The summed E-state index contributed by atoms with van der Waals surface area (Å²) in [4.78, 5) is 0. The Balaban J connectivity index is 3.69. The molecule has 1 N–H and O–H groups in total. The first-order valence-corrected chi connectivity index (χ1v) is 6.91. The molecule has 0 rings (SSSR count). The Labute approximate surface area is 107 Å². The summed E-state index contributed by atoms with van der Waals surface area (Å²) in [5.74, 6) is 0. The SMILES string of the molecule is CCCNC(COCCOCCC)C(C)(C)C. The smallest absolute Gasteiger partial charge is 0.0701 e. The van der Waals surface area contributed by atoms with E-state index in [1.807, 2.05) is 0 Å². The molecule has 1 unspecified atom stereocenters. The van der Waals surface area contributed by atoms with Gasteiger partial charge in [0.05, 0.1) is 19.8 Å². The Morgan fingerprint density at radius 2 is 1.59 bits per heavy atom. The van der Waals surface area contributed by atoms with Crippen molar-refractivity contribution in [3.8, 4) is 0 Å². The highest BCUT2D eigenvalue weighted by Gasteiger charge is 2.23. The average Bonchev–Trinajstić information content (AvgIpc) is 2.25. The van der Waals surface area contributed by atoms with Crippen molar-refractivity contribution in [1.29, 1.82) is 0 Å². The third kappa shape index (κ3) is 9.57. The number of rotatable bonds is 10. The topological polar surface area (TPSA) is 30.5 Å². The molecule has 0 aromatic carbocycles. The Morgan fingerprint density at radius 3 is 2.12 bits per heavy atom. The summed E-state index contributed by atoms with van der Waals surface area (Å²) in [6.45, 7) is 15.1. The van der Waals surface area contributed by atoms with Crippen LogP contribution in [0.2, 0.25) is 0 Å². The van der Waals surface area contributed by atoms with Gasteiger partial charge in [0.2, 0.25) is 0 Å². The number of hydrogen-bond donors (Lipinski definition) is 1. The second kappa shape index (κ2) is 9.86. The van der Waals surface area contributed by atoms with Crippen molar-refractivity contribution < 1.29 is 9.47 Å². The van der Waals surface area contributed by atoms with E-state index >= 15 is 0 Å². The molecule has 0 amide bonds. The van der Waals surface area contributed by atoms with Crippen molar-refractivity contribution in [2.24, 2.45) is 5.41 Å². The van der Waals surface area contributed by atoms with Crippen LogP contribution in [0.3, 0.4) is 0 Å². The maximum Gasteiger partial charge on any atom is 0.0701 e. The third-order valence-electron chi connectivity index (χ3n) is 2.69. The van der Waals surface area contributed by atoms with Crippen LogP contribution in [0.25, 0.3) is 0 Å². The van der Waals surface area contributed by atoms with Crippen molar-refractivity contribution in [2.45, 2.75) is 53.5 Å². The van der Waals surface area contributed by atoms with Crippen LogP contribution in [0.4, 0.5) is 0 Å². The van der Waals surface area contributed by atoms with E-state index in [1.165, 1.54) is 0 Å². The van der Waals surface area contributed by atoms with E-state index in [2.05, 4.69) is 39.9 Å². The Bertz CT molecular complexity index is 166. The number of nitrogens with one attached hydrogen (secondary N) is 1. The average molecular weight is 245 g/mol. The number of ether oxygens (including phenoxy) is 2. The van der Waals surface area contributed by atoms with Gasteiger partial charge in [-0.15, -0.1) is 0 Å². The first-order chi connectivity index (χ1) is 8.02. The summed E-state index contributed by atoms with van der Waals surface area (Å²) in [5, 5.41) is 3.55. The van der Waals surface area contributed by atoms with E-state index in [0.717, 1.165) is 32.6 Å². The van der Waals surface area contributed by atoms with E-state index in [-0.39, 0.29) is 5.41 Å². The van der Waals surface area contributed by atoms with Crippen LogP contribution >= 0.6 is 0 Å². The van der Waals surface area contributed by atoms with Gasteiger partial charge in [-0.2, -0.15) is 0 Å². The lowest BCUT2D eigenvalue weighted by Crippen LogP contribution is -2.44. The molecule has 0 aromatic heterocycles. The molecule has 0 saturated heterocycles. The minimum atomic E-state index is 0.236. The summed E-state index contributed by atoms with van der Waals surface area (Å²) >= 11 is 0. The highest BCUT2D eigenvalue weighted by Crippen LogP contribution is 2.19. The molecular weight excluding hydrogens is 214 g/mol. The van der Waals surface area contributed by atoms with Gasteiger partial charge >= 0.3 is 0 Å². The largest absolute Gasteiger partial charge is 0.379 e. The lowest BCUT2D eigenvalue weighted by Gasteiger charge is -2.31. The molecule has 0 aromatic rings. The summed E-state index contributed by atoms with van der Waals surface area (Å²) in [6.07, 6.45) is 2.23. The fourth-order valence-electron chi connectivity index (χ4n) is 1.50. The molecule has 0 spiro atoms. The molecule has 0 aliphatic carbocycles. The molecular formula is C14H31NO2. The quantitative estimate of drug-likeness (QED) is 0.600. The molecule has 0 aliphatic heterocycles. The summed E-state index contributed by atoms with van der Waals surface area (Å²) in [6, 6.07) is 0.411. The monoisotopic (exact) mass is 245 g/mol. The Kier molecular flexibility index (Phi) is 9.79. The molecule has 0 radical (unpaired) electrons. The second-order valence-electron chi connectivity index (χ2n) is 5.56.